The molecular weight excluding hydrogens is 284 g/mol. The largest absolute Gasteiger partial charge is 0.481 e. The van der Waals surface area contributed by atoms with Crippen molar-refractivity contribution in [1.29, 1.82) is 0 Å². The summed E-state index contributed by atoms with van der Waals surface area (Å²) < 4.78 is 2.19. The third kappa shape index (κ3) is 3.79. The molecule has 21 heavy (non-hydrogen) atoms. The number of aromatic nitrogens is 2. The molecule has 0 amide bonds. The van der Waals surface area contributed by atoms with Gasteiger partial charge in [0.1, 0.15) is 0 Å². The van der Waals surface area contributed by atoms with Gasteiger partial charge < -0.3 is 9.67 Å². The number of hydrogen-bond donors (Lipinski definition) is 1. The van der Waals surface area contributed by atoms with E-state index in [0.29, 0.717) is 12.0 Å². The van der Waals surface area contributed by atoms with Crippen LogP contribution in [0.1, 0.15) is 38.8 Å². The van der Waals surface area contributed by atoms with Gasteiger partial charge in [0.25, 0.3) is 0 Å². The van der Waals surface area contributed by atoms with E-state index in [1.54, 1.807) is 0 Å². The lowest BCUT2D eigenvalue weighted by molar-refractivity contribution is -0.133. The predicted molar refractivity (Wildman–Crippen MR) is 87.0 cm³/mol. The van der Waals surface area contributed by atoms with E-state index in [2.05, 4.69) is 43.3 Å². The van der Waals surface area contributed by atoms with Gasteiger partial charge in [-0.25, -0.2) is 4.98 Å². The number of benzene rings is 1. The van der Waals surface area contributed by atoms with Crippen LogP contribution in [-0.4, -0.2) is 26.4 Å². The maximum absolute atomic E-state index is 10.8. The van der Waals surface area contributed by atoms with Gasteiger partial charge in [0.15, 0.2) is 5.16 Å². The maximum Gasteiger partial charge on any atom is 0.313 e. The number of fused-ring (bicyclic) bond motifs is 1. The Morgan fingerprint density at radius 3 is 2.71 bits per heavy atom. The Bertz CT molecular complexity index is 649. The van der Waals surface area contributed by atoms with Crippen LogP contribution >= 0.6 is 11.8 Å². The number of hydrogen-bond acceptors (Lipinski definition) is 3. The Morgan fingerprint density at radius 1 is 1.38 bits per heavy atom. The van der Waals surface area contributed by atoms with E-state index >= 15 is 0 Å². The highest BCUT2D eigenvalue weighted by atomic mass is 32.2. The van der Waals surface area contributed by atoms with Crippen molar-refractivity contribution < 1.29 is 9.90 Å². The highest BCUT2D eigenvalue weighted by Crippen LogP contribution is 2.31. The minimum Gasteiger partial charge on any atom is -0.481 e. The van der Waals surface area contributed by atoms with Crippen molar-refractivity contribution in [3.63, 3.8) is 0 Å². The molecule has 0 aliphatic rings. The summed E-state index contributed by atoms with van der Waals surface area (Å²) in [6, 6.07) is 6.48. The van der Waals surface area contributed by atoms with E-state index in [9.17, 15) is 4.79 Å². The average molecular weight is 306 g/mol. The number of aliphatic carboxylic acids is 1. The van der Waals surface area contributed by atoms with Crippen molar-refractivity contribution in [2.45, 2.75) is 45.3 Å². The zero-order chi connectivity index (χ0) is 15.6. The summed E-state index contributed by atoms with van der Waals surface area (Å²) in [4.78, 5) is 15.5. The van der Waals surface area contributed by atoms with Gasteiger partial charge in [0.2, 0.25) is 0 Å². The van der Waals surface area contributed by atoms with Gasteiger partial charge in [-0.3, -0.25) is 4.79 Å². The van der Waals surface area contributed by atoms with Gasteiger partial charge in [-0.05, 0) is 43.9 Å². The molecule has 1 N–H and O–H groups in total. The van der Waals surface area contributed by atoms with Crippen molar-refractivity contribution in [2.24, 2.45) is 5.92 Å². The molecule has 5 heteroatoms. The van der Waals surface area contributed by atoms with E-state index in [4.69, 9.17) is 5.11 Å². The van der Waals surface area contributed by atoms with Crippen LogP contribution in [0.25, 0.3) is 11.0 Å². The first kappa shape index (κ1) is 15.9. The van der Waals surface area contributed by atoms with Crippen molar-refractivity contribution >= 4 is 28.8 Å². The van der Waals surface area contributed by atoms with Gasteiger partial charge in [-0.2, -0.15) is 0 Å². The van der Waals surface area contributed by atoms with Crippen molar-refractivity contribution in [1.82, 2.24) is 9.55 Å². The number of thioether (sulfide) groups is 1. The second-order valence-electron chi connectivity index (χ2n) is 5.92. The monoisotopic (exact) mass is 306 g/mol. The molecule has 2 rings (SSSR count). The first-order chi connectivity index (χ1) is 9.88. The Labute approximate surface area is 129 Å². The molecule has 0 saturated heterocycles. The van der Waals surface area contributed by atoms with Crippen LogP contribution in [0.15, 0.2) is 23.4 Å². The van der Waals surface area contributed by atoms with E-state index in [1.807, 2.05) is 12.1 Å². The summed E-state index contributed by atoms with van der Waals surface area (Å²) in [5, 5.41) is 9.71. The molecular formula is C16H22N2O2S. The summed E-state index contributed by atoms with van der Waals surface area (Å²) in [6.45, 7) is 8.64. The van der Waals surface area contributed by atoms with E-state index in [1.165, 1.54) is 17.3 Å². The molecule has 1 aromatic carbocycles. The van der Waals surface area contributed by atoms with Crippen LogP contribution in [0, 0.1) is 12.8 Å². The highest BCUT2D eigenvalue weighted by Gasteiger charge is 2.18. The number of aryl methyl sites for hydroxylation is 1. The lowest BCUT2D eigenvalue weighted by atomic mass is 10.0. The van der Waals surface area contributed by atoms with Gasteiger partial charge >= 0.3 is 5.97 Å². The van der Waals surface area contributed by atoms with Gasteiger partial charge in [-0.15, -0.1) is 0 Å². The molecule has 2 aromatic rings. The van der Waals surface area contributed by atoms with Crippen molar-refractivity contribution in [3.05, 3.63) is 23.8 Å². The lowest BCUT2D eigenvalue weighted by Gasteiger charge is -2.19. The van der Waals surface area contributed by atoms with Crippen LogP contribution in [0.3, 0.4) is 0 Å². The lowest BCUT2D eigenvalue weighted by Crippen LogP contribution is -2.10. The topological polar surface area (TPSA) is 55.1 Å². The van der Waals surface area contributed by atoms with E-state index < -0.39 is 5.97 Å². The molecule has 0 bridgehead atoms. The quantitative estimate of drug-likeness (QED) is 0.815. The van der Waals surface area contributed by atoms with Gasteiger partial charge in [0, 0.05) is 6.04 Å². The molecule has 1 atom stereocenters. The number of carboxylic acid groups (broad SMARTS) is 1. The first-order valence-electron chi connectivity index (χ1n) is 7.21. The Hall–Kier alpha value is -1.49. The Morgan fingerprint density at radius 2 is 2.10 bits per heavy atom. The summed E-state index contributed by atoms with van der Waals surface area (Å²) in [7, 11) is 0. The van der Waals surface area contributed by atoms with Crippen LogP contribution in [0.4, 0.5) is 0 Å². The Kier molecular flexibility index (Phi) is 4.93. The minimum atomic E-state index is -0.814. The number of carbonyl (C=O) groups is 1. The van der Waals surface area contributed by atoms with Crippen LogP contribution in [0.5, 0.6) is 0 Å². The van der Waals surface area contributed by atoms with Crippen LogP contribution in [-0.2, 0) is 4.79 Å². The molecule has 0 spiro atoms. The zero-order valence-corrected chi connectivity index (χ0v) is 13.8. The maximum atomic E-state index is 10.8. The fourth-order valence-corrected chi connectivity index (χ4v) is 3.46. The number of carboxylic acids is 1. The summed E-state index contributed by atoms with van der Waals surface area (Å²) >= 11 is 1.29. The van der Waals surface area contributed by atoms with E-state index in [0.717, 1.165) is 22.6 Å². The van der Waals surface area contributed by atoms with Gasteiger partial charge in [0.05, 0.1) is 16.8 Å². The molecule has 4 nitrogen and oxygen atoms in total. The van der Waals surface area contributed by atoms with Crippen molar-refractivity contribution in [2.75, 3.05) is 5.75 Å². The fourth-order valence-electron chi connectivity index (χ4n) is 2.62. The molecule has 0 aliphatic heterocycles. The van der Waals surface area contributed by atoms with E-state index in [-0.39, 0.29) is 5.75 Å². The first-order valence-corrected chi connectivity index (χ1v) is 8.20. The second-order valence-corrected chi connectivity index (χ2v) is 6.86. The molecule has 1 heterocycles. The normalized spacial score (nSPS) is 13.0. The number of nitrogens with zero attached hydrogens (tertiary/aromatic N) is 2. The standard InChI is InChI=1S/C16H22N2O2S/c1-10(2)7-12(4)18-14-8-11(3)5-6-13(14)17-16(18)21-9-15(19)20/h5-6,8,10,12H,7,9H2,1-4H3,(H,19,20). The SMILES string of the molecule is Cc1ccc2nc(SCC(=O)O)n(C(C)CC(C)C)c2c1. The second kappa shape index (κ2) is 6.52. The molecule has 0 saturated carbocycles. The fraction of sp³-hybridized carbons (Fsp3) is 0.500. The zero-order valence-electron chi connectivity index (χ0n) is 13.0. The predicted octanol–water partition coefficient (Wildman–Crippen LogP) is 4.13. The third-order valence-electron chi connectivity index (χ3n) is 3.39. The van der Waals surface area contributed by atoms with Crippen molar-refractivity contribution in [3.8, 4) is 0 Å². The molecule has 114 valence electrons. The average Bonchev–Trinajstić information content (AvgIpc) is 2.73. The number of rotatable bonds is 6. The minimum absolute atomic E-state index is 0.0384. The van der Waals surface area contributed by atoms with Gasteiger partial charge in [-0.1, -0.05) is 31.7 Å². The molecule has 0 aliphatic carbocycles. The molecule has 0 fully saturated rings. The highest BCUT2D eigenvalue weighted by molar-refractivity contribution is 7.99. The molecule has 0 radical (unpaired) electrons. The summed E-state index contributed by atoms with van der Waals surface area (Å²) in [5.41, 5.74) is 3.22. The van der Waals surface area contributed by atoms with Crippen LogP contribution in [0.2, 0.25) is 0 Å². The smallest absolute Gasteiger partial charge is 0.313 e. The van der Waals surface area contributed by atoms with Crippen LogP contribution < -0.4 is 0 Å². The Balaban J connectivity index is 2.47. The molecule has 1 aromatic heterocycles. The molecule has 1 unspecified atom stereocenters. The number of imidazole rings is 1. The third-order valence-corrected chi connectivity index (χ3v) is 4.33. The summed E-state index contributed by atoms with van der Waals surface area (Å²) in [5.74, 6) is -0.192. The summed E-state index contributed by atoms with van der Waals surface area (Å²) in [6.07, 6.45) is 1.04.